The molecule has 94 valence electrons. The lowest BCUT2D eigenvalue weighted by Crippen LogP contribution is -2.25. The SMILES string of the molecule is C#CC1CC(=O)N(c2c(OC)cccc2OC)C1. The Morgan fingerprint density at radius 2 is 1.94 bits per heavy atom. The van der Waals surface area contributed by atoms with E-state index >= 15 is 0 Å². The number of hydrogen-bond donors (Lipinski definition) is 0. The van der Waals surface area contributed by atoms with Gasteiger partial charge in [0.25, 0.3) is 0 Å². The molecule has 0 N–H and O–H groups in total. The van der Waals surface area contributed by atoms with Gasteiger partial charge >= 0.3 is 0 Å². The molecule has 1 aromatic rings. The van der Waals surface area contributed by atoms with Crippen LogP contribution < -0.4 is 14.4 Å². The Labute approximate surface area is 106 Å². The van der Waals surface area contributed by atoms with Gasteiger partial charge in [-0.25, -0.2) is 0 Å². The van der Waals surface area contributed by atoms with E-state index in [0.29, 0.717) is 30.2 Å². The lowest BCUT2D eigenvalue weighted by molar-refractivity contribution is -0.117. The number of hydrogen-bond acceptors (Lipinski definition) is 3. The Bertz CT molecular complexity index is 482. The zero-order chi connectivity index (χ0) is 13.1. The third kappa shape index (κ3) is 2.00. The molecule has 1 fully saturated rings. The monoisotopic (exact) mass is 245 g/mol. The zero-order valence-electron chi connectivity index (χ0n) is 10.5. The first-order valence-corrected chi connectivity index (χ1v) is 5.68. The van der Waals surface area contributed by atoms with Gasteiger partial charge in [-0.05, 0) is 12.1 Å². The first kappa shape index (κ1) is 12.3. The van der Waals surface area contributed by atoms with Crippen molar-refractivity contribution in [3.05, 3.63) is 18.2 Å². The predicted molar refractivity (Wildman–Crippen MR) is 68.8 cm³/mol. The number of anilines is 1. The van der Waals surface area contributed by atoms with Crippen LogP contribution in [-0.4, -0.2) is 26.7 Å². The van der Waals surface area contributed by atoms with Crippen molar-refractivity contribution in [2.24, 2.45) is 5.92 Å². The lowest BCUT2D eigenvalue weighted by Gasteiger charge is -2.21. The van der Waals surface area contributed by atoms with Gasteiger partial charge in [-0.2, -0.15) is 0 Å². The molecule has 0 aromatic heterocycles. The fourth-order valence-electron chi connectivity index (χ4n) is 2.13. The third-order valence-electron chi connectivity index (χ3n) is 3.03. The van der Waals surface area contributed by atoms with Crippen LogP contribution in [0.5, 0.6) is 11.5 Å². The van der Waals surface area contributed by atoms with Gasteiger partial charge in [-0.3, -0.25) is 4.79 Å². The van der Waals surface area contributed by atoms with Crippen molar-refractivity contribution >= 4 is 11.6 Å². The van der Waals surface area contributed by atoms with Gasteiger partial charge in [0.15, 0.2) is 0 Å². The van der Waals surface area contributed by atoms with E-state index in [4.69, 9.17) is 15.9 Å². The number of carbonyl (C=O) groups is 1. The van der Waals surface area contributed by atoms with Crippen molar-refractivity contribution < 1.29 is 14.3 Å². The largest absolute Gasteiger partial charge is 0.494 e. The summed E-state index contributed by atoms with van der Waals surface area (Å²) in [5.41, 5.74) is 0.658. The molecular formula is C14H15NO3. The summed E-state index contributed by atoms with van der Waals surface area (Å²) in [6.45, 7) is 0.506. The molecule has 1 unspecified atom stereocenters. The normalized spacial score (nSPS) is 18.6. The second kappa shape index (κ2) is 5.01. The molecule has 2 rings (SSSR count). The van der Waals surface area contributed by atoms with Crippen molar-refractivity contribution in [3.63, 3.8) is 0 Å². The smallest absolute Gasteiger partial charge is 0.228 e. The second-order valence-electron chi connectivity index (χ2n) is 4.08. The maximum absolute atomic E-state index is 12.0. The summed E-state index contributed by atoms with van der Waals surface area (Å²) in [5, 5.41) is 0. The summed E-state index contributed by atoms with van der Waals surface area (Å²) < 4.78 is 10.6. The number of nitrogens with zero attached hydrogens (tertiary/aromatic N) is 1. The molecule has 18 heavy (non-hydrogen) atoms. The van der Waals surface area contributed by atoms with E-state index in [-0.39, 0.29) is 11.8 Å². The Hall–Kier alpha value is -2.15. The van der Waals surface area contributed by atoms with E-state index in [1.165, 1.54) is 0 Å². The van der Waals surface area contributed by atoms with Crippen LogP contribution in [0.2, 0.25) is 0 Å². The molecule has 1 aliphatic rings. The van der Waals surface area contributed by atoms with Gasteiger partial charge in [-0.15, -0.1) is 12.3 Å². The summed E-state index contributed by atoms with van der Waals surface area (Å²) in [5.74, 6) is 3.80. The van der Waals surface area contributed by atoms with E-state index in [9.17, 15) is 4.79 Å². The molecule has 1 aliphatic heterocycles. The third-order valence-corrected chi connectivity index (χ3v) is 3.03. The molecule has 1 saturated heterocycles. The van der Waals surface area contributed by atoms with Crippen molar-refractivity contribution in [1.82, 2.24) is 0 Å². The molecule has 0 radical (unpaired) electrons. The van der Waals surface area contributed by atoms with Gasteiger partial charge in [0, 0.05) is 18.9 Å². The maximum atomic E-state index is 12.0. The van der Waals surface area contributed by atoms with Crippen LogP contribution in [0.25, 0.3) is 0 Å². The average Bonchev–Trinajstić information content (AvgIpc) is 2.78. The highest BCUT2D eigenvalue weighted by atomic mass is 16.5. The highest BCUT2D eigenvalue weighted by Gasteiger charge is 2.32. The van der Waals surface area contributed by atoms with E-state index in [1.54, 1.807) is 31.3 Å². The summed E-state index contributed by atoms with van der Waals surface area (Å²) in [7, 11) is 3.13. The highest BCUT2D eigenvalue weighted by molar-refractivity contribution is 5.99. The van der Waals surface area contributed by atoms with Crippen molar-refractivity contribution in [2.45, 2.75) is 6.42 Å². The highest BCUT2D eigenvalue weighted by Crippen LogP contribution is 2.40. The number of para-hydroxylation sites is 1. The average molecular weight is 245 g/mol. The van der Waals surface area contributed by atoms with Crippen LogP contribution in [-0.2, 0) is 4.79 Å². The number of benzene rings is 1. The molecule has 4 nitrogen and oxygen atoms in total. The molecule has 1 amide bonds. The van der Waals surface area contributed by atoms with Crippen LogP contribution >= 0.6 is 0 Å². The van der Waals surface area contributed by atoms with Crippen LogP contribution in [0, 0.1) is 18.3 Å². The van der Waals surface area contributed by atoms with Gasteiger partial charge in [0.05, 0.1) is 14.2 Å². The number of amides is 1. The van der Waals surface area contributed by atoms with Gasteiger partial charge < -0.3 is 14.4 Å². The predicted octanol–water partition coefficient (Wildman–Crippen LogP) is 1.69. The van der Waals surface area contributed by atoms with E-state index in [2.05, 4.69) is 5.92 Å². The molecule has 0 spiro atoms. The molecule has 1 atom stereocenters. The number of methoxy groups -OCH3 is 2. The van der Waals surface area contributed by atoms with Crippen molar-refractivity contribution in [1.29, 1.82) is 0 Å². The summed E-state index contributed by atoms with van der Waals surface area (Å²) in [6, 6.07) is 5.42. The Kier molecular flexibility index (Phi) is 3.42. The Morgan fingerprint density at radius 3 is 2.39 bits per heavy atom. The fraction of sp³-hybridized carbons (Fsp3) is 0.357. The Morgan fingerprint density at radius 1 is 1.33 bits per heavy atom. The van der Waals surface area contributed by atoms with E-state index in [0.717, 1.165) is 0 Å². The minimum Gasteiger partial charge on any atom is -0.494 e. The maximum Gasteiger partial charge on any atom is 0.228 e. The van der Waals surface area contributed by atoms with Crippen LogP contribution in [0.15, 0.2) is 18.2 Å². The molecule has 4 heteroatoms. The van der Waals surface area contributed by atoms with Crippen LogP contribution in [0.1, 0.15) is 6.42 Å². The topological polar surface area (TPSA) is 38.8 Å². The Balaban J connectivity index is 2.44. The molecule has 1 aromatic carbocycles. The number of carbonyl (C=O) groups excluding carboxylic acids is 1. The summed E-state index contributed by atoms with van der Waals surface area (Å²) in [4.78, 5) is 13.6. The number of terminal acetylenes is 1. The molecule has 0 bridgehead atoms. The number of ether oxygens (including phenoxy) is 2. The van der Waals surface area contributed by atoms with Crippen LogP contribution in [0.4, 0.5) is 5.69 Å². The van der Waals surface area contributed by atoms with Crippen molar-refractivity contribution in [2.75, 3.05) is 25.7 Å². The zero-order valence-corrected chi connectivity index (χ0v) is 10.5. The van der Waals surface area contributed by atoms with Crippen molar-refractivity contribution in [3.8, 4) is 23.8 Å². The van der Waals surface area contributed by atoms with Gasteiger partial charge in [0.2, 0.25) is 5.91 Å². The minimum absolute atomic E-state index is 0.000694. The summed E-state index contributed by atoms with van der Waals surface area (Å²) >= 11 is 0. The molecular weight excluding hydrogens is 230 g/mol. The van der Waals surface area contributed by atoms with E-state index < -0.39 is 0 Å². The quantitative estimate of drug-likeness (QED) is 0.761. The van der Waals surface area contributed by atoms with Gasteiger partial charge in [-0.1, -0.05) is 6.07 Å². The first-order chi connectivity index (χ1) is 8.71. The fourth-order valence-corrected chi connectivity index (χ4v) is 2.13. The minimum atomic E-state index is -0.0490. The lowest BCUT2D eigenvalue weighted by atomic mass is 10.1. The number of rotatable bonds is 3. The first-order valence-electron chi connectivity index (χ1n) is 5.68. The standard InChI is InChI=1S/C14H15NO3/c1-4-10-8-13(16)15(9-10)14-11(17-2)6-5-7-12(14)18-3/h1,5-7,10H,8-9H2,2-3H3. The molecule has 0 saturated carbocycles. The van der Waals surface area contributed by atoms with Crippen LogP contribution in [0.3, 0.4) is 0 Å². The van der Waals surface area contributed by atoms with Gasteiger partial charge in [0.1, 0.15) is 17.2 Å². The second-order valence-corrected chi connectivity index (χ2v) is 4.08. The summed E-state index contributed by atoms with van der Waals surface area (Å²) in [6.07, 6.45) is 5.76. The molecule has 1 heterocycles. The van der Waals surface area contributed by atoms with E-state index in [1.807, 2.05) is 6.07 Å². The molecule has 0 aliphatic carbocycles.